The molecule has 4 rings (SSSR count). The number of hydrogen-bond acceptors (Lipinski definition) is 5. The van der Waals surface area contributed by atoms with E-state index in [1.54, 1.807) is 19.4 Å². The Morgan fingerprint density at radius 3 is 2.81 bits per heavy atom. The molecule has 2 N–H and O–H groups in total. The van der Waals surface area contributed by atoms with Crippen LogP contribution in [0.3, 0.4) is 0 Å². The summed E-state index contributed by atoms with van der Waals surface area (Å²) in [5.41, 5.74) is 9.35. The molecule has 1 aromatic heterocycles. The van der Waals surface area contributed by atoms with Gasteiger partial charge >= 0.3 is 0 Å². The first-order chi connectivity index (χ1) is 13.0. The second kappa shape index (κ2) is 6.62. The summed E-state index contributed by atoms with van der Waals surface area (Å²) in [6.07, 6.45) is 5.21. The van der Waals surface area contributed by atoms with E-state index in [1.165, 1.54) is 6.20 Å². The number of pyridine rings is 1. The minimum Gasteiger partial charge on any atom is -0.496 e. The van der Waals surface area contributed by atoms with Crippen LogP contribution in [0.2, 0.25) is 0 Å². The van der Waals surface area contributed by atoms with E-state index in [1.807, 2.05) is 42.5 Å². The molecule has 3 aromatic rings. The molecule has 1 unspecified atom stereocenters. The Morgan fingerprint density at radius 1 is 1.22 bits per heavy atom. The van der Waals surface area contributed by atoms with Gasteiger partial charge in [0.25, 0.3) is 0 Å². The molecule has 1 aliphatic heterocycles. The zero-order valence-corrected chi connectivity index (χ0v) is 16.1. The standard InChI is InChI=1S/C21H15BrN4O/c1-27-18-6-5-15-7-13(10-23)11-25-20(15)19(18)21(24)9-16(12-26-21)14-3-2-4-17(22)8-14/h2-9,11-12H,24H2,1H3. The lowest BCUT2D eigenvalue weighted by molar-refractivity contribution is 0.400. The summed E-state index contributed by atoms with van der Waals surface area (Å²) in [6.45, 7) is 0. The third kappa shape index (κ3) is 3.01. The number of halogens is 1. The van der Waals surface area contributed by atoms with E-state index >= 15 is 0 Å². The summed E-state index contributed by atoms with van der Waals surface area (Å²) in [5, 5.41) is 9.95. The van der Waals surface area contributed by atoms with Gasteiger partial charge in [-0.1, -0.05) is 28.1 Å². The number of benzene rings is 2. The van der Waals surface area contributed by atoms with Crippen LogP contribution >= 0.6 is 15.9 Å². The molecule has 27 heavy (non-hydrogen) atoms. The Kier molecular flexibility index (Phi) is 4.27. The summed E-state index contributed by atoms with van der Waals surface area (Å²) < 4.78 is 6.54. The molecular formula is C21H15BrN4O. The number of fused-ring (bicyclic) bond motifs is 1. The number of ether oxygens (including phenoxy) is 1. The van der Waals surface area contributed by atoms with Gasteiger partial charge in [0.1, 0.15) is 11.8 Å². The minimum absolute atomic E-state index is 0.491. The molecule has 2 heterocycles. The molecule has 0 radical (unpaired) electrons. The Bertz CT molecular complexity index is 1160. The molecule has 5 nitrogen and oxygen atoms in total. The van der Waals surface area contributed by atoms with Crippen molar-refractivity contribution in [3.05, 3.63) is 75.9 Å². The van der Waals surface area contributed by atoms with Gasteiger partial charge in [-0.3, -0.25) is 15.7 Å². The van der Waals surface area contributed by atoms with Crippen molar-refractivity contribution in [2.75, 3.05) is 7.11 Å². The van der Waals surface area contributed by atoms with E-state index in [0.29, 0.717) is 22.4 Å². The highest BCUT2D eigenvalue weighted by atomic mass is 79.9. The lowest BCUT2D eigenvalue weighted by Gasteiger charge is -2.23. The maximum atomic E-state index is 9.14. The number of aromatic nitrogens is 1. The van der Waals surface area contributed by atoms with Gasteiger partial charge in [0.15, 0.2) is 5.66 Å². The first-order valence-electron chi connectivity index (χ1n) is 8.24. The van der Waals surface area contributed by atoms with E-state index in [2.05, 4.69) is 32.0 Å². The van der Waals surface area contributed by atoms with Crippen molar-refractivity contribution < 1.29 is 4.74 Å². The molecule has 1 atom stereocenters. The number of nitrogens with zero attached hydrogens (tertiary/aromatic N) is 3. The van der Waals surface area contributed by atoms with Crippen LogP contribution < -0.4 is 10.5 Å². The van der Waals surface area contributed by atoms with Gasteiger partial charge < -0.3 is 4.74 Å². The Hall–Kier alpha value is -3.01. The molecule has 0 fully saturated rings. The quantitative estimate of drug-likeness (QED) is 0.691. The third-order valence-corrected chi connectivity index (χ3v) is 5.01. The molecule has 6 heteroatoms. The molecule has 0 saturated heterocycles. The molecule has 1 aliphatic rings. The Labute approximate surface area is 164 Å². The van der Waals surface area contributed by atoms with Crippen LogP contribution in [-0.2, 0) is 5.66 Å². The van der Waals surface area contributed by atoms with Crippen molar-refractivity contribution in [2.45, 2.75) is 5.66 Å². The van der Waals surface area contributed by atoms with Gasteiger partial charge in [-0.2, -0.15) is 5.26 Å². The summed E-state index contributed by atoms with van der Waals surface area (Å²) in [6, 6.07) is 15.5. The first-order valence-corrected chi connectivity index (χ1v) is 9.03. The fraction of sp³-hybridized carbons (Fsp3) is 0.0952. The maximum Gasteiger partial charge on any atom is 0.159 e. The van der Waals surface area contributed by atoms with E-state index in [4.69, 9.17) is 15.7 Å². The molecule has 132 valence electrons. The molecule has 0 aliphatic carbocycles. The van der Waals surface area contributed by atoms with Gasteiger partial charge in [-0.15, -0.1) is 0 Å². The van der Waals surface area contributed by atoms with Crippen molar-refractivity contribution >= 4 is 38.6 Å². The molecule has 0 amide bonds. The van der Waals surface area contributed by atoms with Crippen molar-refractivity contribution in [3.8, 4) is 11.8 Å². The Balaban J connectivity index is 1.91. The summed E-state index contributed by atoms with van der Waals surface area (Å²) in [5.74, 6) is 0.603. The normalized spacial score (nSPS) is 18.4. The zero-order valence-electron chi connectivity index (χ0n) is 14.5. The van der Waals surface area contributed by atoms with Gasteiger partial charge in [0.05, 0.1) is 23.8 Å². The third-order valence-electron chi connectivity index (χ3n) is 4.51. The fourth-order valence-corrected chi connectivity index (χ4v) is 3.65. The highest BCUT2D eigenvalue weighted by molar-refractivity contribution is 9.10. The molecule has 0 bridgehead atoms. The minimum atomic E-state index is -1.11. The molecule has 0 spiro atoms. The van der Waals surface area contributed by atoms with Gasteiger partial charge in [0.2, 0.25) is 0 Å². The summed E-state index contributed by atoms with van der Waals surface area (Å²) >= 11 is 3.49. The van der Waals surface area contributed by atoms with Crippen LogP contribution in [0.15, 0.2) is 64.2 Å². The number of nitrogens with two attached hydrogens (primary N) is 1. The first kappa shape index (κ1) is 17.4. The van der Waals surface area contributed by atoms with Crippen LogP contribution in [0.25, 0.3) is 16.5 Å². The van der Waals surface area contributed by atoms with E-state index in [0.717, 1.165) is 21.0 Å². The van der Waals surface area contributed by atoms with Crippen LogP contribution in [0, 0.1) is 11.3 Å². The average molecular weight is 419 g/mol. The number of methoxy groups -OCH3 is 1. The van der Waals surface area contributed by atoms with Crippen LogP contribution in [0.5, 0.6) is 5.75 Å². The van der Waals surface area contributed by atoms with Gasteiger partial charge in [-0.05, 0) is 47.5 Å². The lowest BCUT2D eigenvalue weighted by atomic mass is 9.94. The highest BCUT2D eigenvalue weighted by Gasteiger charge is 2.34. The van der Waals surface area contributed by atoms with Crippen LogP contribution in [0.1, 0.15) is 16.7 Å². The largest absolute Gasteiger partial charge is 0.496 e. The smallest absolute Gasteiger partial charge is 0.159 e. The van der Waals surface area contributed by atoms with Crippen molar-refractivity contribution in [3.63, 3.8) is 0 Å². The predicted molar refractivity (Wildman–Crippen MR) is 109 cm³/mol. The van der Waals surface area contributed by atoms with Crippen molar-refractivity contribution in [1.29, 1.82) is 5.26 Å². The van der Waals surface area contributed by atoms with E-state index < -0.39 is 5.66 Å². The molecule has 0 saturated carbocycles. The average Bonchev–Trinajstić information content (AvgIpc) is 3.09. The second-order valence-corrected chi connectivity index (χ2v) is 7.16. The summed E-state index contributed by atoms with van der Waals surface area (Å²) in [7, 11) is 1.59. The number of allylic oxidation sites excluding steroid dienone is 1. The van der Waals surface area contributed by atoms with Crippen LogP contribution in [0.4, 0.5) is 0 Å². The maximum absolute atomic E-state index is 9.14. The molecule has 2 aromatic carbocycles. The molecular weight excluding hydrogens is 404 g/mol. The van der Waals surface area contributed by atoms with Gasteiger partial charge in [-0.25, -0.2) is 0 Å². The topological polar surface area (TPSA) is 84.3 Å². The van der Waals surface area contributed by atoms with E-state index in [-0.39, 0.29) is 0 Å². The SMILES string of the molecule is COc1ccc2cc(C#N)cnc2c1C1(N)C=C(c2cccc(Br)c2)C=N1. The fourth-order valence-electron chi connectivity index (χ4n) is 3.25. The van der Waals surface area contributed by atoms with Crippen molar-refractivity contribution in [2.24, 2.45) is 10.7 Å². The number of nitriles is 1. The van der Waals surface area contributed by atoms with E-state index in [9.17, 15) is 0 Å². The number of hydrogen-bond donors (Lipinski definition) is 1. The van der Waals surface area contributed by atoms with Crippen LogP contribution in [-0.4, -0.2) is 18.3 Å². The zero-order chi connectivity index (χ0) is 19.0. The predicted octanol–water partition coefficient (Wildman–Crippen LogP) is 4.16. The monoisotopic (exact) mass is 418 g/mol. The highest BCUT2D eigenvalue weighted by Crippen LogP contribution is 2.40. The second-order valence-electron chi connectivity index (χ2n) is 6.24. The number of rotatable bonds is 3. The Morgan fingerprint density at radius 2 is 2.07 bits per heavy atom. The number of aliphatic imine (C=N–C) groups is 1. The van der Waals surface area contributed by atoms with Crippen molar-refractivity contribution in [1.82, 2.24) is 4.98 Å². The van der Waals surface area contributed by atoms with Gasteiger partial charge in [0, 0.05) is 22.3 Å². The lowest BCUT2D eigenvalue weighted by Crippen LogP contribution is -2.31. The summed E-state index contributed by atoms with van der Waals surface area (Å²) in [4.78, 5) is 9.06.